The number of carbonyl (C=O) groups is 3. The Balaban J connectivity index is 1.16. The van der Waals surface area contributed by atoms with Crippen LogP contribution in [0.1, 0.15) is 138 Å². The molecule has 0 saturated heterocycles. The van der Waals surface area contributed by atoms with E-state index in [-0.39, 0.29) is 51.8 Å². The number of carbonyl (C=O) groups excluding carboxylic acids is 2. The van der Waals surface area contributed by atoms with Crippen LogP contribution in [-0.4, -0.2) is 51.6 Å². The van der Waals surface area contributed by atoms with E-state index in [2.05, 4.69) is 77.6 Å². The predicted octanol–water partition coefficient (Wildman–Crippen LogP) is 8.76. The minimum Gasteiger partial charge on any atom is -0.481 e. The molecule has 5 aliphatic carbocycles. The van der Waals surface area contributed by atoms with Gasteiger partial charge < -0.3 is 14.9 Å². The lowest BCUT2D eigenvalue weighted by atomic mass is 9.33. The number of allylic oxidation sites excluding steroid dienone is 1. The molecule has 7 nitrogen and oxygen atoms in total. The van der Waals surface area contributed by atoms with Gasteiger partial charge in [0, 0.05) is 36.9 Å². The van der Waals surface area contributed by atoms with Crippen LogP contribution in [0.5, 0.6) is 0 Å². The van der Waals surface area contributed by atoms with Crippen molar-refractivity contribution in [2.24, 2.45) is 56.2 Å². The van der Waals surface area contributed by atoms with Gasteiger partial charge in [0.25, 0.3) is 0 Å². The van der Waals surface area contributed by atoms with Crippen LogP contribution in [0, 0.1) is 56.2 Å². The van der Waals surface area contributed by atoms with Gasteiger partial charge in [-0.3, -0.25) is 19.3 Å². The molecule has 1 heterocycles. The summed E-state index contributed by atoms with van der Waals surface area (Å²) in [5, 5.41) is 22.0. The third kappa shape index (κ3) is 5.43. The first-order chi connectivity index (χ1) is 24.2. The van der Waals surface area contributed by atoms with E-state index >= 15 is 0 Å². The second-order valence-corrected chi connectivity index (χ2v) is 20.5. The lowest BCUT2D eigenvalue weighted by molar-refractivity contribution is -0.235. The number of carboxylic acids is 1. The Morgan fingerprint density at radius 1 is 0.904 bits per heavy atom. The summed E-state index contributed by atoms with van der Waals surface area (Å²) in [4.78, 5) is 41.4. The standard InChI is InChI=1S/C45H65NO6/c1-27(2)37-31(47)22-45(34(48)26-46-24-28-12-10-11-13-29(28)25-46)21-20-43(8)30(38(37)45)14-15-33-42(7)18-17-35(52-36(49)23-40(3,4)39(50)51)41(5,6)32(42)16-19-44(33,43)9/h10-13,27,30,32-35,48H,14-26H2,1-9H3,(H,50,51)/t30-,32+,33-,34+,35+,42+,43-,44-,45+/m1/s1. The van der Waals surface area contributed by atoms with Crippen molar-refractivity contribution in [3.63, 3.8) is 0 Å². The first-order valence-electron chi connectivity index (χ1n) is 20.4. The maximum Gasteiger partial charge on any atom is 0.309 e. The lowest BCUT2D eigenvalue weighted by Gasteiger charge is -2.72. The molecule has 1 aliphatic heterocycles. The van der Waals surface area contributed by atoms with Crippen LogP contribution in [0.4, 0.5) is 0 Å². The molecule has 0 aromatic heterocycles. The number of ether oxygens (including phenoxy) is 1. The van der Waals surface area contributed by atoms with E-state index in [1.807, 2.05) is 0 Å². The van der Waals surface area contributed by atoms with E-state index in [4.69, 9.17) is 4.74 Å². The van der Waals surface area contributed by atoms with E-state index in [1.54, 1.807) is 13.8 Å². The molecule has 0 unspecified atom stereocenters. The van der Waals surface area contributed by atoms with Crippen molar-refractivity contribution in [2.45, 2.75) is 152 Å². The van der Waals surface area contributed by atoms with Gasteiger partial charge in [0.2, 0.25) is 0 Å². The van der Waals surface area contributed by atoms with Crippen LogP contribution in [0.15, 0.2) is 35.4 Å². The largest absolute Gasteiger partial charge is 0.481 e. The van der Waals surface area contributed by atoms with Crippen molar-refractivity contribution in [3.05, 3.63) is 46.5 Å². The number of hydrogen-bond donors (Lipinski definition) is 2. The van der Waals surface area contributed by atoms with Crippen molar-refractivity contribution in [2.75, 3.05) is 6.54 Å². The summed E-state index contributed by atoms with van der Waals surface area (Å²) in [7, 11) is 0. The number of rotatable bonds is 8. The summed E-state index contributed by atoms with van der Waals surface area (Å²) < 4.78 is 6.18. The number of ketones is 1. The van der Waals surface area contributed by atoms with Gasteiger partial charge in [-0.05, 0) is 122 Å². The van der Waals surface area contributed by atoms with E-state index in [0.717, 1.165) is 70.0 Å². The Morgan fingerprint density at radius 2 is 1.56 bits per heavy atom. The molecule has 7 rings (SSSR count). The quantitative estimate of drug-likeness (QED) is 0.260. The Kier molecular flexibility index (Phi) is 9.09. The second kappa shape index (κ2) is 12.5. The van der Waals surface area contributed by atoms with E-state index in [0.29, 0.717) is 24.8 Å². The number of aliphatic hydroxyl groups is 1. The Hall–Kier alpha value is -2.51. The maximum absolute atomic E-state index is 14.1. The molecule has 2 N–H and O–H groups in total. The van der Waals surface area contributed by atoms with Crippen molar-refractivity contribution >= 4 is 17.7 Å². The fourth-order valence-corrected chi connectivity index (χ4v) is 13.9. The molecule has 1 aromatic carbocycles. The number of nitrogens with zero attached hydrogens (tertiary/aromatic N) is 1. The average Bonchev–Trinajstić information content (AvgIpc) is 3.60. The summed E-state index contributed by atoms with van der Waals surface area (Å²) in [5.41, 5.74) is 3.32. The zero-order valence-corrected chi connectivity index (χ0v) is 33.4. The van der Waals surface area contributed by atoms with Crippen molar-refractivity contribution in [1.82, 2.24) is 4.90 Å². The van der Waals surface area contributed by atoms with Crippen molar-refractivity contribution < 1.29 is 29.3 Å². The fourth-order valence-electron chi connectivity index (χ4n) is 13.9. The fraction of sp³-hybridized carbons (Fsp3) is 0.756. The number of aliphatic carboxylic acids is 1. The number of Topliss-reactive ketones (excluding diaryl/α,β-unsaturated/α-hetero) is 1. The number of benzene rings is 1. The molecule has 1 aromatic rings. The van der Waals surface area contributed by atoms with Crippen LogP contribution >= 0.6 is 0 Å². The van der Waals surface area contributed by atoms with Gasteiger partial charge >= 0.3 is 11.9 Å². The Labute approximate surface area is 312 Å². The minimum absolute atomic E-state index is 0.00691. The number of carboxylic acid groups (broad SMARTS) is 1. The normalized spacial score (nSPS) is 38.9. The lowest BCUT2D eigenvalue weighted by Crippen LogP contribution is -2.66. The summed E-state index contributed by atoms with van der Waals surface area (Å²) in [6.45, 7) is 22.1. The number of β-amino-alcohol motifs (C(OH)–C–C–N with tert-alkyl or cyclic N) is 1. The van der Waals surface area contributed by atoms with Gasteiger partial charge in [0.15, 0.2) is 5.78 Å². The van der Waals surface area contributed by atoms with Crippen LogP contribution < -0.4 is 0 Å². The Bertz CT molecular complexity index is 1650. The molecule has 6 aliphatic rings. The first kappa shape index (κ1) is 37.8. The van der Waals surface area contributed by atoms with Crippen LogP contribution in [0.3, 0.4) is 0 Å². The molecule has 0 bridgehead atoms. The zero-order chi connectivity index (χ0) is 37.8. The number of fused-ring (bicyclic) bond motifs is 8. The number of aliphatic hydroxyl groups excluding tert-OH is 1. The second-order valence-electron chi connectivity index (χ2n) is 20.5. The molecule has 9 atom stereocenters. The summed E-state index contributed by atoms with van der Waals surface area (Å²) in [5.74, 6) is 0.161. The highest BCUT2D eigenvalue weighted by molar-refractivity contribution is 6.00. The molecule has 4 fully saturated rings. The van der Waals surface area contributed by atoms with E-state index in [1.165, 1.54) is 16.7 Å². The highest BCUT2D eigenvalue weighted by Crippen LogP contribution is 2.77. The van der Waals surface area contributed by atoms with Crippen LogP contribution in [0.25, 0.3) is 0 Å². The maximum atomic E-state index is 14.1. The highest BCUT2D eigenvalue weighted by Gasteiger charge is 2.71. The van der Waals surface area contributed by atoms with E-state index in [9.17, 15) is 24.6 Å². The highest BCUT2D eigenvalue weighted by atomic mass is 16.5. The molecule has 7 heteroatoms. The van der Waals surface area contributed by atoms with Crippen LogP contribution in [0.2, 0.25) is 0 Å². The number of hydrogen-bond acceptors (Lipinski definition) is 6. The van der Waals surface area contributed by atoms with Gasteiger partial charge in [0.05, 0.1) is 17.9 Å². The topological polar surface area (TPSA) is 104 Å². The summed E-state index contributed by atoms with van der Waals surface area (Å²) in [6.07, 6.45) is 7.47. The van der Waals surface area contributed by atoms with Gasteiger partial charge in [-0.2, -0.15) is 0 Å². The monoisotopic (exact) mass is 715 g/mol. The third-order valence-electron chi connectivity index (χ3n) is 16.8. The molecule has 4 saturated carbocycles. The molecular weight excluding hydrogens is 650 g/mol. The Morgan fingerprint density at radius 3 is 2.17 bits per heavy atom. The third-order valence-corrected chi connectivity index (χ3v) is 16.8. The molecular formula is C45H65NO6. The first-order valence-corrected chi connectivity index (χ1v) is 20.4. The zero-order valence-electron chi connectivity index (χ0n) is 33.4. The van der Waals surface area contributed by atoms with Crippen molar-refractivity contribution in [3.8, 4) is 0 Å². The van der Waals surface area contributed by atoms with Crippen LogP contribution in [-0.2, 0) is 32.2 Å². The minimum atomic E-state index is -1.16. The average molecular weight is 716 g/mol. The predicted molar refractivity (Wildman–Crippen MR) is 202 cm³/mol. The molecule has 0 spiro atoms. The molecule has 0 amide bonds. The smallest absolute Gasteiger partial charge is 0.309 e. The molecule has 286 valence electrons. The molecule has 52 heavy (non-hydrogen) atoms. The SMILES string of the molecule is CC(C)C1=C2[C@H]3CC[C@@H]4[C@@]5(C)CC[C@H](OC(=O)CC(C)(C)C(=O)O)C(C)(C)[C@@H]5CC[C@@]4(C)[C@]3(C)CC[C@@]2([C@@H](O)CN2Cc3ccccc3C2)CC1=O. The van der Waals surface area contributed by atoms with Gasteiger partial charge in [-0.1, -0.05) is 78.3 Å². The summed E-state index contributed by atoms with van der Waals surface area (Å²) in [6, 6.07) is 8.60. The number of esters is 1. The van der Waals surface area contributed by atoms with Gasteiger partial charge in [-0.25, -0.2) is 0 Å². The molecule has 0 radical (unpaired) electrons. The van der Waals surface area contributed by atoms with Gasteiger partial charge in [0.1, 0.15) is 6.10 Å². The van der Waals surface area contributed by atoms with E-state index < -0.39 is 28.9 Å². The summed E-state index contributed by atoms with van der Waals surface area (Å²) >= 11 is 0. The van der Waals surface area contributed by atoms with Gasteiger partial charge in [-0.15, -0.1) is 0 Å². The van der Waals surface area contributed by atoms with Crippen molar-refractivity contribution in [1.29, 1.82) is 0 Å².